The first-order valence-electron chi connectivity index (χ1n) is 10.2. The minimum atomic E-state index is -0.00917. The average molecular weight is 463 g/mol. The van der Waals surface area contributed by atoms with Crippen molar-refractivity contribution in [3.8, 4) is 11.4 Å². The van der Waals surface area contributed by atoms with Crippen LogP contribution in [-0.2, 0) is 12.3 Å². The van der Waals surface area contributed by atoms with E-state index in [1.165, 1.54) is 0 Å². The van der Waals surface area contributed by atoms with Crippen LogP contribution in [0.3, 0.4) is 0 Å². The number of thioether (sulfide) groups is 1. The second-order valence-corrected chi connectivity index (χ2v) is 8.90. The number of hydrogen-bond donors (Lipinski definition) is 0. The zero-order chi connectivity index (χ0) is 22.5. The minimum absolute atomic E-state index is 0.00917. The van der Waals surface area contributed by atoms with Gasteiger partial charge < -0.3 is 4.90 Å². The Balaban J connectivity index is 1.64. The molecule has 0 bridgehead atoms. The zero-order valence-electron chi connectivity index (χ0n) is 17.9. The molecule has 4 rings (SSSR count). The maximum absolute atomic E-state index is 12.3. The quantitative estimate of drug-likeness (QED) is 0.333. The first kappa shape index (κ1) is 22.1. The van der Waals surface area contributed by atoms with Crippen molar-refractivity contribution in [1.29, 1.82) is 0 Å². The van der Waals surface area contributed by atoms with Gasteiger partial charge in [-0.2, -0.15) is 0 Å². The van der Waals surface area contributed by atoms with Gasteiger partial charge in [0.25, 0.3) is 5.91 Å². The van der Waals surface area contributed by atoms with Crippen molar-refractivity contribution in [3.63, 3.8) is 0 Å². The Morgan fingerprint density at radius 3 is 2.41 bits per heavy atom. The molecule has 7 heteroatoms. The molecule has 0 saturated carbocycles. The SMILES string of the molecule is CN(C)C(=O)c1cccc(CSc2nnc(-c3ccccc3Cl)n2Cc2ccccc2)c1. The predicted molar refractivity (Wildman–Crippen MR) is 130 cm³/mol. The lowest BCUT2D eigenvalue weighted by Crippen LogP contribution is -2.21. The number of benzene rings is 3. The van der Waals surface area contributed by atoms with Gasteiger partial charge in [0, 0.05) is 31.0 Å². The Kier molecular flexibility index (Phi) is 6.93. The third-order valence-electron chi connectivity index (χ3n) is 4.96. The second kappa shape index (κ2) is 10.0. The molecule has 5 nitrogen and oxygen atoms in total. The molecular weight excluding hydrogens is 440 g/mol. The Morgan fingerprint density at radius 2 is 1.66 bits per heavy atom. The molecule has 162 valence electrons. The van der Waals surface area contributed by atoms with Crippen molar-refractivity contribution in [3.05, 3.63) is 101 Å². The van der Waals surface area contributed by atoms with Crippen molar-refractivity contribution < 1.29 is 4.79 Å². The second-order valence-electron chi connectivity index (χ2n) is 7.55. The number of carbonyl (C=O) groups excluding carboxylic acids is 1. The molecule has 0 N–H and O–H groups in total. The Hall–Kier alpha value is -3.09. The Morgan fingerprint density at radius 1 is 0.938 bits per heavy atom. The van der Waals surface area contributed by atoms with Gasteiger partial charge in [-0.3, -0.25) is 9.36 Å². The lowest BCUT2D eigenvalue weighted by atomic mass is 10.1. The summed E-state index contributed by atoms with van der Waals surface area (Å²) in [4.78, 5) is 13.9. The van der Waals surface area contributed by atoms with E-state index in [2.05, 4.69) is 26.9 Å². The molecule has 0 atom stereocenters. The molecule has 0 fully saturated rings. The van der Waals surface area contributed by atoms with Crippen LogP contribution < -0.4 is 0 Å². The number of amides is 1. The number of carbonyl (C=O) groups is 1. The molecule has 0 radical (unpaired) electrons. The number of aromatic nitrogens is 3. The molecular formula is C25H23ClN4OS. The van der Waals surface area contributed by atoms with Crippen molar-refractivity contribution in [1.82, 2.24) is 19.7 Å². The van der Waals surface area contributed by atoms with Gasteiger partial charge in [0.15, 0.2) is 11.0 Å². The number of hydrogen-bond acceptors (Lipinski definition) is 4. The van der Waals surface area contributed by atoms with E-state index in [-0.39, 0.29) is 5.91 Å². The molecule has 0 aliphatic rings. The smallest absolute Gasteiger partial charge is 0.253 e. The molecule has 1 amide bonds. The summed E-state index contributed by atoms with van der Waals surface area (Å²) in [5, 5.41) is 10.4. The van der Waals surface area contributed by atoms with Crippen LogP contribution in [0.25, 0.3) is 11.4 Å². The highest BCUT2D eigenvalue weighted by molar-refractivity contribution is 7.98. The maximum atomic E-state index is 12.3. The van der Waals surface area contributed by atoms with Crippen LogP contribution in [0.1, 0.15) is 21.5 Å². The molecule has 1 heterocycles. The van der Waals surface area contributed by atoms with Crippen molar-refractivity contribution in [2.45, 2.75) is 17.5 Å². The predicted octanol–water partition coefficient (Wildman–Crippen LogP) is 5.64. The molecule has 1 aromatic heterocycles. The fraction of sp³-hybridized carbons (Fsp3) is 0.160. The van der Waals surface area contributed by atoms with E-state index in [0.717, 1.165) is 27.7 Å². The Bertz CT molecular complexity index is 1220. The van der Waals surface area contributed by atoms with E-state index >= 15 is 0 Å². The average Bonchev–Trinajstić information content (AvgIpc) is 3.20. The summed E-state index contributed by atoms with van der Waals surface area (Å²) in [6, 6.07) is 25.6. The minimum Gasteiger partial charge on any atom is -0.345 e. The third-order valence-corrected chi connectivity index (χ3v) is 6.33. The van der Waals surface area contributed by atoms with Crippen LogP contribution in [0, 0.1) is 0 Å². The summed E-state index contributed by atoms with van der Waals surface area (Å²) in [5.41, 5.74) is 3.73. The van der Waals surface area contributed by atoms with Crippen LogP contribution in [-0.4, -0.2) is 39.7 Å². The highest BCUT2D eigenvalue weighted by Gasteiger charge is 2.17. The van der Waals surface area contributed by atoms with Crippen LogP contribution >= 0.6 is 23.4 Å². The van der Waals surface area contributed by atoms with Crippen LogP contribution in [0.4, 0.5) is 0 Å². The van der Waals surface area contributed by atoms with E-state index < -0.39 is 0 Å². The zero-order valence-corrected chi connectivity index (χ0v) is 19.5. The lowest BCUT2D eigenvalue weighted by Gasteiger charge is -2.12. The van der Waals surface area contributed by atoms with Crippen LogP contribution in [0.15, 0.2) is 84.0 Å². The molecule has 0 saturated heterocycles. The van der Waals surface area contributed by atoms with Crippen molar-refractivity contribution >= 4 is 29.3 Å². The largest absolute Gasteiger partial charge is 0.345 e. The maximum Gasteiger partial charge on any atom is 0.253 e. The van der Waals surface area contributed by atoms with Crippen molar-refractivity contribution in [2.24, 2.45) is 0 Å². The molecule has 3 aromatic carbocycles. The Labute approximate surface area is 197 Å². The van der Waals surface area contributed by atoms with Gasteiger partial charge in [0.1, 0.15) is 0 Å². The normalized spacial score (nSPS) is 10.8. The van der Waals surface area contributed by atoms with E-state index in [9.17, 15) is 4.79 Å². The fourth-order valence-electron chi connectivity index (χ4n) is 3.35. The standard InChI is InChI=1S/C25H23ClN4OS/c1-29(2)24(31)20-12-8-11-19(15-20)17-32-25-28-27-23(21-13-6-7-14-22(21)26)30(25)16-18-9-4-3-5-10-18/h3-15H,16-17H2,1-2H3. The van der Waals surface area contributed by atoms with Gasteiger partial charge in [-0.15, -0.1) is 10.2 Å². The lowest BCUT2D eigenvalue weighted by molar-refractivity contribution is 0.0827. The highest BCUT2D eigenvalue weighted by Crippen LogP contribution is 2.31. The van der Waals surface area contributed by atoms with Gasteiger partial charge in [0.2, 0.25) is 0 Å². The van der Waals surface area contributed by atoms with E-state index in [0.29, 0.717) is 22.9 Å². The number of nitrogens with zero attached hydrogens (tertiary/aromatic N) is 4. The van der Waals surface area contributed by atoms with Crippen LogP contribution in [0.5, 0.6) is 0 Å². The summed E-state index contributed by atoms with van der Waals surface area (Å²) in [5.74, 6) is 1.40. The fourth-order valence-corrected chi connectivity index (χ4v) is 4.45. The summed E-state index contributed by atoms with van der Waals surface area (Å²) in [7, 11) is 3.51. The topological polar surface area (TPSA) is 51.0 Å². The first-order chi connectivity index (χ1) is 15.5. The third kappa shape index (κ3) is 5.03. The molecule has 4 aromatic rings. The van der Waals surface area contributed by atoms with Gasteiger partial charge >= 0.3 is 0 Å². The van der Waals surface area contributed by atoms with Crippen molar-refractivity contribution in [2.75, 3.05) is 14.1 Å². The molecule has 0 unspecified atom stereocenters. The first-order valence-corrected chi connectivity index (χ1v) is 11.5. The van der Waals surface area contributed by atoms with Gasteiger partial charge in [0.05, 0.1) is 11.6 Å². The molecule has 0 aliphatic carbocycles. The molecule has 0 spiro atoms. The number of rotatable bonds is 7. The van der Waals surface area contributed by atoms with Crippen LogP contribution in [0.2, 0.25) is 5.02 Å². The van der Waals surface area contributed by atoms with Gasteiger partial charge in [-0.1, -0.05) is 78.0 Å². The van der Waals surface area contributed by atoms with Gasteiger partial charge in [-0.05, 0) is 35.4 Å². The van der Waals surface area contributed by atoms with Gasteiger partial charge in [-0.25, -0.2) is 0 Å². The molecule has 0 aliphatic heterocycles. The summed E-state index contributed by atoms with van der Waals surface area (Å²) < 4.78 is 2.09. The highest BCUT2D eigenvalue weighted by atomic mass is 35.5. The summed E-state index contributed by atoms with van der Waals surface area (Å²) in [6.07, 6.45) is 0. The molecule has 32 heavy (non-hydrogen) atoms. The monoisotopic (exact) mass is 462 g/mol. The van der Waals surface area contributed by atoms with E-state index in [1.54, 1.807) is 30.8 Å². The number of halogens is 1. The summed E-state index contributed by atoms with van der Waals surface area (Å²) >= 11 is 8.06. The van der Waals surface area contributed by atoms with E-state index in [1.807, 2.05) is 66.7 Å². The van der Waals surface area contributed by atoms with E-state index in [4.69, 9.17) is 11.6 Å². The summed E-state index contributed by atoms with van der Waals surface area (Å²) in [6.45, 7) is 0.635.